The first kappa shape index (κ1) is 8.87. The highest BCUT2D eigenvalue weighted by molar-refractivity contribution is 6.34. The Morgan fingerprint density at radius 3 is 2.67 bits per heavy atom. The van der Waals surface area contributed by atoms with Crippen LogP contribution in [-0.4, -0.2) is 11.1 Å². The van der Waals surface area contributed by atoms with E-state index in [1.165, 1.54) is 6.07 Å². The topological polar surface area (TPSA) is 63.3 Å². The van der Waals surface area contributed by atoms with E-state index in [4.69, 9.17) is 22.4 Å². The van der Waals surface area contributed by atoms with Gasteiger partial charge in [0.15, 0.2) is 0 Å². The maximum Gasteiger partial charge on any atom is 0.337 e. The van der Waals surface area contributed by atoms with E-state index in [0.29, 0.717) is 5.02 Å². The van der Waals surface area contributed by atoms with Crippen LogP contribution in [0.15, 0.2) is 12.1 Å². The summed E-state index contributed by atoms with van der Waals surface area (Å²) in [6.45, 7) is 1.77. The van der Waals surface area contributed by atoms with Crippen LogP contribution in [0.5, 0.6) is 0 Å². The highest BCUT2D eigenvalue weighted by Crippen LogP contribution is 2.26. The molecule has 1 aromatic rings. The van der Waals surface area contributed by atoms with Crippen molar-refractivity contribution in [1.82, 2.24) is 0 Å². The van der Waals surface area contributed by atoms with Crippen LogP contribution in [0.2, 0.25) is 5.02 Å². The Kier molecular flexibility index (Phi) is 2.24. The fraction of sp³-hybridized carbons (Fsp3) is 0.125. The second kappa shape index (κ2) is 3.03. The van der Waals surface area contributed by atoms with E-state index in [1.807, 2.05) is 0 Å². The number of hydrogen-bond donors (Lipinski definition) is 2. The predicted molar refractivity (Wildman–Crippen MR) is 47.6 cm³/mol. The van der Waals surface area contributed by atoms with Gasteiger partial charge in [0.05, 0.1) is 16.3 Å². The highest BCUT2D eigenvalue weighted by Gasteiger charge is 2.11. The smallest absolute Gasteiger partial charge is 0.337 e. The number of rotatable bonds is 1. The van der Waals surface area contributed by atoms with Crippen molar-refractivity contribution in [3.05, 3.63) is 28.3 Å². The van der Waals surface area contributed by atoms with Gasteiger partial charge in [-0.25, -0.2) is 4.79 Å². The number of aromatic carboxylic acids is 1. The molecular formula is C8H8ClNO2. The lowest BCUT2D eigenvalue weighted by molar-refractivity contribution is 0.0698. The number of carbonyl (C=O) groups is 1. The first-order valence-electron chi connectivity index (χ1n) is 3.32. The molecular weight excluding hydrogens is 178 g/mol. The number of halogens is 1. The van der Waals surface area contributed by atoms with Crippen LogP contribution in [0, 0.1) is 6.92 Å². The zero-order valence-electron chi connectivity index (χ0n) is 6.47. The molecule has 0 aromatic heterocycles. The van der Waals surface area contributed by atoms with Crippen LogP contribution in [0.1, 0.15) is 15.9 Å². The third-order valence-corrected chi connectivity index (χ3v) is 2.10. The maximum atomic E-state index is 10.5. The van der Waals surface area contributed by atoms with Crippen LogP contribution in [-0.2, 0) is 0 Å². The number of carboxylic acid groups (broad SMARTS) is 1. The molecule has 4 heteroatoms. The van der Waals surface area contributed by atoms with E-state index < -0.39 is 5.97 Å². The normalized spacial score (nSPS) is 9.83. The summed E-state index contributed by atoms with van der Waals surface area (Å²) in [5, 5.41) is 8.96. The van der Waals surface area contributed by atoms with Gasteiger partial charge in [-0.1, -0.05) is 17.7 Å². The summed E-state index contributed by atoms with van der Waals surface area (Å²) >= 11 is 5.74. The third-order valence-electron chi connectivity index (χ3n) is 1.60. The molecule has 3 nitrogen and oxygen atoms in total. The van der Waals surface area contributed by atoms with Crippen LogP contribution in [0.25, 0.3) is 0 Å². The second-order valence-electron chi connectivity index (χ2n) is 2.46. The van der Waals surface area contributed by atoms with E-state index in [0.717, 1.165) is 5.56 Å². The zero-order valence-corrected chi connectivity index (χ0v) is 7.22. The van der Waals surface area contributed by atoms with E-state index >= 15 is 0 Å². The molecule has 0 spiro atoms. The third kappa shape index (κ3) is 1.36. The number of nitrogens with two attached hydrogens (primary N) is 1. The summed E-state index contributed by atoms with van der Waals surface area (Å²) in [5.74, 6) is -1.06. The summed E-state index contributed by atoms with van der Waals surface area (Å²) in [6, 6.07) is 3.07. The number of benzene rings is 1. The summed E-state index contributed by atoms with van der Waals surface area (Å²) in [4.78, 5) is 10.5. The Hall–Kier alpha value is -1.22. The van der Waals surface area contributed by atoms with Crippen LogP contribution in [0.3, 0.4) is 0 Å². The van der Waals surface area contributed by atoms with Crippen molar-refractivity contribution in [2.75, 3.05) is 5.73 Å². The summed E-state index contributed by atoms with van der Waals surface area (Å²) in [5.41, 5.74) is 6.42. The number of aryl methyl sites for hydroxylation is 1. The van der Waals surface area contributed by atoms with Crippen molar-refractivity contribution in [2.45, 2.75) is 6.92 Å². The number of anilines is 1. The average molecular weight is 186 g/mol. The van der Waals surface area contributed by atoms with Crippen molar-refractivity contribution >= 4 is 23.3 Å². The lowest BCUT2D eigenvalue weighted by Crippen LogP contribution is -2.03. The first-order chi connectivity index (χ1) is 5.54. The molecule has 1 rings (SSSR count). The van der Waals surface area contributed by atoms with Gasteiger partial charge in [0.1, 0.15) is 0 Å². The molecule has 0 bridgehead atoms. The van der Waals surface area contributed by atoms with Crippen molar-refractivity contribution < 1.29 is 9.90 Å². The number of carboxylic acids is 1. The minimum absolute atomic E-state index is 0.0469. The van der Waals surface area contributed by atoms with Crippen LogP contribution < -0.4 is 5.73 Å². The van der Waals surface area contributed by atoms with Gasteiger partial charge in [-0.05, 0) is 18.6 Å². The van der Waals surface area contributed by atoms with Crippen molar-refractivity contribution in [3.63, 3.8) is 0 Å². The number of hydrogen-bond acceptors (Lipinski definition) is 2. The molecule has 0 heterocycles. The largest absolute Gasteiger partial charge is 0.478 e. The Bertz CT molecular complexity index is 336. The first-order valence-corrected chi connectivity index (χ1v) is 3.69. The van der Waals surface area contributed by atoms with Gasteiger partial charge < -0.3 is 10.8 Å². The molecule has 0 aliphatic heterocycles. The van der Waals surface area contributed by atoms with Crippen molar-refractivity contribution in [1.29, 1.82) is 0 Å². The predicted octanol–water partition coefficient (Wildman–Crippen LogP) is 1.93. The van der Waals surface area contributed by atoms with Gasteiger partial charge in [0, 0.05) is 0 Å². The van der Waals surface area contributed by atoms with E-state index in [2.05, 4.69) is 0 Å². The van der Waals surface area contributed by atoms with Gasteiger partial charge >= 0.3 is 5.97 Å². The van der Waals surface area contributed by atoms with Gasteiger partial charge in [0.2, 0.25) is 0 Å². The van der Waals surface area contributed by atoms with Crippen LogP contribution >= 0.6 is 11.6 Å². The van der Waals surface area contributed by atoms with Gasteiger partial charge in [-0.2, -0.15) is 0 Å². The monoisotopic (exact) mass is 185 g/mol. The Morgan fingerprint density at radius 1 is 1.58 bits per heavy atom. The quantitative estimate of drug-likeness (QED) is 0.658. The summed E-state index contributed by atoms with van der Waals surface area (Å²) in [7, 11) is 0. The van der Waals surface area contributed by atoms with E-state index in [-0.39, 0.29) is 11.3 Å². The van der Waals surface area contributed by atoms with Crippen molar-refractivity contribution in [3.8, 4) is 0 Å². The van der Waals surface area contributed by atoms with E-state index in [1.54, 1.807) is 13.0 Å². The molecule has 0 saturated carbocycles. The molecule has 0 saturated heterocycles. The maximum absolute atomic E-state index is 10.5. The molecule has 64 valence electrons. The molecule has 0 aliphatic rings. The molecule has 0 aliphatic carbocycles. The molecule has 12 heavy (non-hydrogen) atoms. The molecule has 1 aromatic carbocycles. The minimum Gasteiger partial charge on any atom is -0.478 e. The fourth-order valence-electron chi connectivity index (χ4n) is 0.888. The minimum atomic E-state index is -1.06. The van der Waals surface area contributed by atoms with Gasteiger partial charge in [-0.15, -0.1) is 0 Å². The Labute approximate surface area is 74.8 Å². The second-order valence-corrected chi connectivity index (χ2v) is 2.84. The molecule has 0 amide bonds. The lowest BCUT2D eigenvalue weighted by Gasteiger charge is -2.04. The lowest BCUT2D eigenvalue weighted by atomic mass is 10.1. The van der Waals surface area contributed by atoms with E-state index in [9.17, 15) is 4.79 Å². The average Bonchev–Trinajstić information content (AvgIpc) is 2.00. The molecule has 3 N–H and O–H groups in total. The van der Waals surface area contributed by atoms with Crippen LogP contribution in [0.4, 0.5) is 5.69 Å². The van der Waals surface area contributed by atoms with Gasteiger partial charge in [-0.3, -0.25) is 0 Å². The molecule has 0 atom stereocenters. The molecule has 0 radical (unpaired) electrons. The standard InChI is InChI=1S/C8H8ClNO2/c1-4-2-3-5(8(11)12)7(10)6(4)9/h2-3H,10H2,1H3,(H,11,12). The highest BCUT2D eigenvalue weighted by atomic mass is 35.5. The molecule has 0 fully saturated rings. The number of nitrogen functional groups attached to an aromatic ring is 1. The summed E-state index contributed by atoms with van der Waals surface area (Å²) < 4.78 is 0. The Balaban J connectivity index is 3.36. The van der Waals surface area contributed by atoms with Gasteiger partial charge in [0.25, 0.3) is 0 Å². The van der Waals surface area contributed by atoms with Crippen molar-refractivity contribution in [2.24, 2.45) is 0 Å². The SMILES string of the molecule is Cc1ccc(C(=O)O)c(N)c1Cl. The Morgan fingerprint density at radius 2 is 2.17 bits per heavy atom. The molecule has 0 unspecified atom stereocenters. The zero-order chi connectivity index (χ0) is 9.30. The summed E-state index contributed by atoms with van der Waals surface area (Å²) in [6.07, 6.45) is 0. The fourth-order valence-corrected chi connectivity index (χ4v) is 1.05.